The van der Waals surface area contributed by atoms with Crippen LogP contribution in [-0.2, 0) is 5.75 Å². The molecule has 0 amide bonds. The molecular formula is C16H24N2S. The number of hydrogen-bond acceptors (Lipinski definition) is 3. The normalized spacial score (nSPS) is 14.2. The van der Waals surface area contributed by atoms with Gasteiger partial charge in [0.15, 0.2) is 0 Å². The Balaban J connectivity index is 2.55. The number of thioether (sulfide) groups is 1. The van der Waals surface area contributed by atoms with Crippen LogP contribution in [-0.4, -0.2) is 17.3 Å². The number of nitrogens with zero attached hydrogens (tertiary/aromatic N) is 1. The molecule has 1 unspecified atom stereocenters. The van der Waals surface area contributed by atoms with Crippen LogP contribution in [0, 0.1) is 25.2 Å². The predicted octanol–water partition coefficient (Wildman–Crippen LogP) is 3.82. The lowest BCUT2D eigenvalue weighted by molar-refractivity contribution is 0.443. The smallest absolute Gasteiger partial charge is 0.113 e. The molecule has 1 aromatic rings. The van der Waals surface area contributed by atoms with Gasteiger partial charge in [0, 0.05) is 17.5 Å². The third-order valence-electron chi connectivity index (χ3n) is 2.79. The molecule has 2 nitrogen and oxygen atoms in total. The van der Waals surface area contributed by atoms with Crippen LogP contribution in [0.3, 0.4) is 0 Å². The maximum atomic E-state index is 9.29. The van der Waals surface area contributed by atoms with E-state index in [9.17, 15) is 5.26 Å². The van der Waals surface area contributed by atoms with E-state index in [0.29, 0.717) is 6.04 Å². The lowest BCUT2D eigenvalue weighted by atomic mass is 10.1. The molecule has 0 aliphatic carbocycles. The van der Waals surface area contributed by atoms with Gasteiger partial charge in [0.2, 0.25) is 0 Å². The lowest BCUT2D eigenvalue weighted by Gasteiger charge is -2.25. The summed E-state index contributed by atoms with van der Waals surface area (Å²) in [5, 5.41) is 12.6. The van der Waals surface area contributed by atoms with Gasteiger partial charge < -0.3 is 0 Å². The largest absolute Gasteiger partial charge is 0.297 e. The van der Waals surface area contributed by atoms with Gasteiger partial charge in [0.25, 0.3) is 0 Å². The summed E-state index contributed by atoms with van der Waals surface area (Å²) in [7, 11) is 0. The molecule has 0 saturated carbocycles. The van der Waals surface area contributed by atoms with Gasteiger partial charge in [-0.1, -0.05) is 29.3 Å². The highest BCUT2D eigenvalue weighted by Crippen LogP contribution is 2.20. The van der Waals surface area contributed by atoms with Gasteiger partial charge in [0.05, 0.1) is 6.07 Å². The Morgan fingerprint density at radius 3 is 2.32 bits per heavy atom. The number of nitrogens with one attached hydrogen (secondary N) is 1. The molecular weight excluding hydrogens is 252 g/mol. The fourth-order valence-electron chi connectivity index (χ4n) is 2.27. The fourth-order valence-corrected chi connectivity index (χ4v) is 3.33. The zero-order valence-corrected chi connectivity index (χ0v) is 13.4. The van der Waals surface area contributed by atoms with E-state index in [4.69, 9.17) is 0 Å². The highest BCUT2D eigenvalue weighted by Gasteiger charge is 2.24. The van der Waals surface area contributed by atoms with Crippen molar-refractivity contribution in [3.05, 3.63) is 34.9 Å². The first-order valence-electron chi connectivity index (χ1n) is 6.68. The Bertz CT molecular complexity index is 442. The van der Waals surface area contributed by atoms with Gasteiger partial charge in [-0.15, -0.1) is 0 Å². The Labute approximate surface area is 121 Å². The van der Waals surface area contributed by atoms with Crippen molar-refractivity contribution in [1.82, 2.24) is 5.32 Å². The van der Waals surface area contributed by atoms with Crippen LogP contribution < -0.4 is 5.32 Å². The van der Waals surface area contributed by atoms with Crippen molar-refractivity contribution in [2.45, 2.75) is 52.0 Å². The van der Waals surface area contributed by atoms with Crippen LogP contribution in [0.5, 0.6) is 0 Å². The highest BCUT2D eigenvalue weighted by molar-refractivity contribution is 7.98. The van der Waals surface area contributed by atoms with Gasteiger partial charge in [-0.3, -0.25) is 5.32 Å². The summed E-state index contributed by atoms with van der Waals surface area (Å²) in [5.41, 5.74) is 3.50. The first-order chi connectivity index (χ1) is 8.84. The molecule has 0 saturated heterocycles. The van der Waals surface area contributed by atoms with Gasteiger partial charge >= 0.3 is 0 Å². The first kappa shape index (κ1) is 16.1. The van der Waals surface area contributed by atoms with Crippen molar-refractivity contribution < 1.29 is 0 Å². The van der Waals surface area contributed by atoms with Crippen molar-refractivity contribution >= 4 is 11.8 Å². The third-order valence-corrected chi connectivity index (χ3v) is 4.11. The third kappa shape index (κ3) is 5.67. The molecule has 1 atom stereocenters. The first-order valence-corrected chi connectivity index (χ1v) is 7.84. The zero-order valence-electron chi connectivity index (χ0n) is 12.6. The maximum Gasteiger partial charge on any atom is 0.113 e. The van der Waals surface area contributed by atoms with E-state index in [1.165, 1.54) is 16.7 Å². The summed E-state index contributed by atoms with van der Waals surface area (Å²) in [4.78, 5) is 0. The molecule has 0 heterocycles. The number of rotatable bonds is 6. The standard InChI is InChI=1S/C16H24N2S/c1-12(2)18-16(5,10-17)11-19-9-15-7-13(3)6-14(4)8-15/h6-8,12,18H,9,11H2,1-5H3. The summed E-state index contributed by atoms with van der Waals surface area (Å²) in [6.07, 6.45) is 0. The quantitative estimate of drug-likeness (QED) is 0.858. The number of benzene rings is 1. The molecule has 1 aromatic carbocycles. The van der Waals surface area contributed by atoms with Crippen LogP contribution in [0.4, 0.5) is 0 Å². The van der Waals surface area contributed by atoms with Gasteiger partial charge in [0.1, 0.15) is 5.54 Å². The van der Waals surface area contributed by atoms with E-state index >= 15 is 0 Å². The Hall–Kier alpha value is -0.980. The monoisotopic (exact) mass is 276 g/mol. The topological polar surface area (TPSA) is 35.8 Å². The maximum absolute atomic E-state index is 9.29. The van der Waals surface area contributed by atoms with Crippen LogP contribution in [0.15, 0.2) is 18.2 Å². The fraction of sp³-hybridized carbons (Fsp3) is 0.562. The van der Waals surface area contributed by atoms with E-state index in [1.54, 1.807) is 0 Å². The summed E-state index contributed by atoms with van der Waals surface area (Å²) < 4.78 is 0. The van der Waals surface area contributed by atoms with Crippen molar-refractivity contribution in [2.75, 3.05) is 5.75 Å². The molecule has 0 bridgehead atoms. The van der Waals surface area contributed by atoms with Crippen LogP contribution in [0.2, 0.25) is 0 Å². The van der Waals surface area contributed by atoms with E-state index in [-0.39, 0.29) is 0 Å². The molecule has 0 radical (unpaired) electrons. The minimum atomic E-state index is -0.447. The van der Waals surface area contributed by atoms with Crippen molar-refractivity contribution in [2.24, 2.45) is 0 Å². The molecule has 104 valence electrons. The van der Waals surface area contributed by atoms with Crippen LogP contribution in [0.25, 0.3) is 0 Å². The minimum Gasteiger partial charge on any atom is -0.297 e. The van der Waals surface area contributed by atoms with Crippen LogP contribution >= 0.6 is 11.8 Å². The van der Waals surface area contributed by atoms with E-state index < -0.39 is 5.54 Å². The second kappa shape index (κ2) is 6.98. The minimum absolute atomic E-state index is 0.325. The highest BCUT2D eigenvalue weighted by atomic mass is 32.2. The Kier molecular flexibility index (Phi) is 5.90. The molecule has 1 N–H and O–H groups in total. The summed E-state index contributed by atoms with van der Waals surface area (Å²) >= 11 is 1.81. The molecule has 0 spiro atoms. The van der Waals surface area contributed by atoms with Gasteiger partial charge in [-0.25, -0.2) is 0 Å². The second-order valence-corrected chi connectivity index (χ2v) is 6.72. The SMILES string of the molecule is Cc1cc(C)cc(CSCC(C)(C#N)NC(C)C)c1. The molecule has 19 heavy (non-hydrogen) atoms. The van der Waals surface area contributed by atoms with E-state index in [1.807, 2.05) is 18.7 Å². The predicted molar refractivity (Wildman–Crippen MR) is 84.4 cm³/mol. The van der Waals surface area contributed by atoms with Gasteiger partial charge in [-0.05, 0) is 40.2 Å². The zero-order chi connectivity index (χ0) is 14.5. The molecule has 0 fully saturated rings. The van der Waals surface area contributed by atoms with Crippen LogP contribution in [0.1, 0.15) is 37.5 Å². The van der Waals surface area contributed by atoms with Crippen molar-refractivity contribution in [1.29, 1.82) is 5.26 Å². The molecule has 3 heteroatoms. The molecule has 0 aliphatic rings. The van der Waals surface area contributed by atoms with Crippen molar-refractivity contribution in [3.63, 3.8) is 0 Å². The molecule has 0 aromatic heterocycles. The van der Waals surface area contributed by atoms with Gasteiger partial charge in [-0.2, -0.15) is 17.0 Å². The Morgan fingerprint density at radius 1 is 1.26 bits per heavy atom. The van der Waals surface area contributed by atoms with E-state index in [0.717, 1.165) is 11.5 Å². The number of nitriles is 1. The average molecular weight is 276 g/mol. The number of aryl methyl sites for hydroxylation is 2. The molecule has 0 aliphatic heterocycles. The summed E-state index contributed by atoms with van der Waals surface area (Å²) in [6.45, 7) is 10.4. The Morgan fingerprint density at radius 2 is 1.84 bits per heavy atom. The molecule has 1 rings (SSSR count). The second-order valence-electron chi connectivity index (χ2n) is 5.73. The lowest BCUT2D eigenvalue weighted by Crippen LogP contribution is -2.47. The summed E-state index contributed by atoms with van der Waals surface area (Å²) in [6, 6.07) is 9.34. The average Bonchev–Trinajstić information content (AvgIpc) is 2.26. The van der Waals surface area contributed by atoms with Crippen molar-refractivity contribution in [3.8, 4) is 6.07 Å². The number of hydrogen-bond donors (Lipinski definition) is 1. The summed E-state index contributed by atoms with van der Waals surface area (Å²) in [5.74, 6) is 1.76. The van der Waals surface area contributed by atoms with E-state index in [2.05, 4.69) is 57.3 Å².